The van der Waals surface area contributed by atoms with Gasteiger partial charge in [-0.25, -0.2) is 0 Å². The molecule has 1 aliphatic heterocycles. The van der Waals surface area contributed by atoms with E-state index in [1.54, 1.807) is 0 Å². The molecule has 0 aromatic heterocycles. The molecule has 3 N–H and O–H groups in total. The second kappa shape index (κ2) is 4.56. The van der Waals surface area contributed by atoms with E-state index >= 15 is 0 Å². The summed E-state index contributed by atoms with van der Waals surface area (Å²) in [5.41, 5.74) is 10.1. The Bertz CT molecular complexity index is 678. The SMILES string of the molecule is Cc1ccc(C2Oc3c(N)cc(C)cc3NC2=O)cc1. The number of amides is 1. The summed E-state index contributed by atoms with van der Waals surface area (Å²) < 4.78 is 5.82. The molecule has 102 valence electrons. The average Bonchev–Trinajstić information content (AvgIpc) is 2.39. The molecule has 1 unspecified atom stereocenters. The Balaban J connectivity index is 2.00. The number of nitrogen functional groups attached to an aromatic ring is 1. The van der Waals surface area contributed by atoms with Crippen LogP contribution in [0.1, 0.15) is 22.8 Å². The van der Waals surface area contributed by atoms with E-state index in [1.165, 1.54) is 0 Å². The van der Waals surface area contributed by atoms with Gasteiger partial charge in [0.2, 0.25) is 6.10 Å². The summed E-state index contributed by atoms with van der Waals surface area (Å²) in [6.07, 6.45) is -0.659. The topological polar surface area (TPSA) is 64.3 Å². The number of fused-ring (bicyclic) bond motifs is 1. The van der Waals surface area contributed by atoms with Gasteiger partial charge >= 0.3 is 0 Å². The molecule has 0 bridgehead atoms. The monoisotopic (exact) mass is 268 g/mol. The normalized spacial score (nSPS) is 17.1. The molecule has 0 saturated heterocycles. The minimum atomic E-state index is -0.659. The number of carbonyl (C=O) groups is 1. The maximum atomic E-state index is 12.2. The zero-order valence-electron chi connectivity index (χ0n) is 11.4. The molecule has 0 spiro atoms. The molecule has 0 aliphatic carbocycles. The van der Waals surface area contributed by atoms with Crippen molar-refractivity contribution in [3.05, 3.63) is 53.1 Å². The number of nitrogens with two attached hydrogens (primary N) is 1. The van der Waals surface area contributed by atoms with Gasteiger partial charge in [-0.2, -0.15) is 0 Å². The van der Waals surface area contributed by atoms with Crippen LogP contribution in [0.4, 0.5) is 11.4 Å². The number of carbonyl (C=O) groups excluding carboxylic acids is 1. The Labute approximate surface area is 117 Å². The van der Waals surface area contributed by atoms with Crippen molar-refractivity contribution in [1.29, 1.82) is 0 Å². The first-order chi connectivity index (χ1) is 9.54. The lowest BCUT2D eigenvalue weighted by molar-refractivity contribution is -0.123. The smallest absolute Gasteiger partial charge is 0.270 e. The van der Waals surface area contributed by atoms with Crippen LogP contribution in [-0.4, -0.2) is 5.91 Å². The Morgan fingerprint density at radius 3 is 2.50 bits per heavy atom. The minimum absolute atomic E-state index is 0.175. The van der Waals surface area contributed by atoms with Crippen LogP contribution in [0.15, 0.2) is 36.4 Å². The van der Waals surface area contributed by atoms with Crippen molar-refractivity contribution in [3.8, 4) is 5.75 Å². The van der Waals surface area contributed by atoms with Crippen molar-refractivity contribution in [2.24, 2.45) is 0 Å². The third-order valence-electron chi connectivity index (χ3n) is 3.37. The summed E-state index contributed by atoms with van der Waals surface area (Å²) in [6, 6.07) is 11.4. The summed E-state index contributed by atoms with van der Waals surface area (Å²) in [6.45, 7) is 3.93. The molecule has 0 saturated carbocycles. The largest absolute Gasteiger partial charge is 0.471 e. The van der Waals surface area contributed by atoms with Crippen LogP contribution >= 0.6 is 0 Å². The molecule has 20 heavy (non-hydrogen) atoms. The second-order valence-electron chi connectivity index (χ2n) is 5.13. The first-order valence-corrected chi connectivity index (χ1v) is 6.49. The highest BCUT2D eigenvalue weighted by Crippen LogP contribution is 2.40. The summed E-state index contributed by atoms with van der Waals surface area (Å²) in [5, 5.41) is 2.86. The van der Waals surface area contributed by atoms with E-state index in [-0.39, 0.29) is 5.91 Å². The zero-order valence-corrected chi connectivity index (χ0v) is 11.4. The van der Waals surface area contributed by atoms with E-state index in [0.717, 1.165) is 16.7 Å². The third-order valence-corrected chi connectivity index (χ3v) is 3.37. The number of hydrogen-bond donors (Lipinski definition) is 2. The maximum Gasteiger partial charge on any atom is 0.270 e. The summed E-state index contributed by atoms with van der Waals surface area (Å²) in [5.74, 6) is 0.368. The minimum Gasteiger partial charge on any atom is -0.471 e. The van der Waals surface area contributed by atoms with E-state index in [4.69, 9.17) is 10.5 Å². The molecule has 1 heterocycles. The van der Waals surface area contributed by atoms with E-state index in [9.17, 15) is 4.79 Å². The first-order valence-electron chi connectivity index (χ1n) is 6.49. The number of rotatable bonds is 1. The second-order valence-corrected chi connectivity index (χ2v) is 5.13. The fourth-order valence-electron chi connectivity index (χ4n) is 2.36. The Hall–Kier alpha value is -2.49. The van der Waals surface area contributed by atoms with Gasteiger partial charge < -0.3 is 15.8 Å². The number of hydrogen-bond acceptors (Lipinski definition) is 3. The lowest BCUT2D eigenvalue weighted by Gasteiger charge is -2.27. The van der Waals surface area contributed by atoms with E-state index in [2.05, 4.69) is 5.32 Å². The highest BCUT2D eigenvalue weighted by molar-refractivity contribution is 5.99. The zero-order chi connectivity index (χ0) is 14.3. The molecular weight excluding hydrogens is 252 g/mol. The fourth-order valence-corrected chi connectivity index (χ4v) is 2.36. The van der Waals surface area contributed by atoms with E-state index in [0.29, 0.717) is 17.1 Å². The first kappa shape index (κ1) is 12.5. The summed E-state index contributed by atoms with van der Waals surface area (Å²) in [4.78, 5) is 12.2. The lowest BCUT2D eigenvalue weighted by atomic mass is 10.0. The highest BCUT2D eigenvalue weighted by Gasteiger charge is 2.30. The van der Waals surface area contributed by atoms with Crippen molar-refractivity contribution < 1.29 is 9.53 Å². The molecule has 4 nitrogen and oxygen atoms in total. The Kier molecular flexibility index (Phi) is 2.86. The molecule has 1 atom stereocenters. The fraction of sp³-hybridized carbons (Fsp3) is 0.188. The van der Waals surface area contributed by atoms with Gasteiger partial charge in [-0.05, 0) is 31.5 Å². The molecule has 1 amide bonds. The maximum absolute atomic E-state index is 12.2. The van der Waals surface area contributed by atoms with Crippen LogP contribution in [0.25, 0.3) is 0 Å². The average molecular weight is 268 g/mol. The standard InChI is InChI=1S/C16H16N2O2/c1-9-3-5-11(6-4-9)14-16(19)18-13-8-10(2)7-12(17)15(13)20-14/h3-8,14H,17H2,1-2H3,(H,18,19). The lowest BCUT2D eigenvalue weighted by Crippen LogP contribution is -2.30. The quantitative estimate of drug-likeness (QED) is 0.781. The molecule has 3 rings (SSSR count). The van der Waals surface area contributed by atoms with Crippen LogP contribution in [0.3, 0.4) is 0 Å². The summed E-state index contributed by atoms with van der Waals surface area (Å²) >= 11 is 0. The Morgan fingerprint density at radius 1 is 1.10 bits per heavy atom. The molecule has 4 heteroatoms. The Morgan fingerprint density at radius 2 is 1.80 bits per heavy atom. The molecule has 2 aromatic carbocycles. The molecule has 1 aliphatic rings. The van der Waals surface area contributed by atoms with E-state index < -0.39 is 6.10 Å². The van der Waals surface area contributed by atoms with Crippen LogP contribution in [0, 0.1) is 13.8 Å². The van der Waals surface area contributed by atoms with Gasteiger partial charge in [0.15, 0.2) is 5.75 Å². The van der Waals surface area contributed by atoms with Gasteiger partial charge in [0, 0.05) is 5.56 Å². The van der Waals surface area contributed by atoms with Crippen molar-refractivity contribution in [2.75, 3.05) is 11.1 Å². The highest BCUT2D eigenvalue weighted by atomic mass is 16.5. The van der Waals surface area contributed by atoms with E-state index in [1.807, 2.05) is 50.2 Å². The van der Waals surface area contributed by atoms with Crippen LogP contribution < -0.4 is 15.8 Å². The van der Waals surface area contributed by atoms with Crippen LogP contribution in [-0.2, 0) is 4.79 Å². The predicted octanol–water partition coefficient (Wildman–Crippen LogP) is 2.96. The van der Waals surface area contributed by atoms with Crippen molar-refractivity contribution in [1.82, 2.24) is 0 Å². The number of nitrogens with one attached hydrogen (secondary N) is 1. The predicted molar refractivity (Wildman–Crippen MR) is 78.8 cm³/mol. The van der Waals surface area contributed by atoms with Crippen molar-refractivity contribution in [3.63, 3.8) is 0 Å². The van der Waals surface area contributed by atoms with Gasteiger partial charge in [0.25, 0.3) is 5.91 Å². The third kappa shape index (κ3) is 2.09. The van der Waals surface area contributed by atoms with Crippen molar-refractivity contribution in [2.45, 2.75) is 20.0 Å². The van der Waals surface area contributed by atoms with Gasteiger partial charge in [-0.15, -0.1) is 0 Å². The van der Waals surface area contributed by atoms with Gasteiger partial charge in [0.1, 0.15) is 0 Å². The molecule has 0 radical (unpaired) electrons. The van der Waals surface area contributed by atoms with Crippen LogP contribution in [0.5, 0.6) is 5.75 Å². The molecule has 0 fully saturated rings. The van der Waals surface area contributed by atoms with Crippen molar-refractivity contribution >= 4 is 17.3 Å². The van der Waals surface area contributed by atoms with Gasteiger partial charge in [-0.1, -0.05) is 29.8 Å². The summed E-state index contributed by atoms with van der Waals surface area (Å²) in [7, 11) is 0. The molecular formula is C16H16N2O2. The molecule has 2 aromatic rings. The van der Waals surface area contributed by atoms with Gasteiger partial charge in [-0.3, -0.25) is 4.79 Å². The number of benzene rings is 2. The van der Waals surface area contributed by atoms with Crippen LogP contribution in [0.2, 0.25) is 0 Å². The van der Waals surface area contributed by atoms with Gasteiger partial charge in [0.05, 0.1) is 11.4 Å². The number of anilines is 2. The number of aryl methyl sites for hydroxylation is 2. The number of ether oxygens (including phenoxy) is 1.